The number of carbonyl (C=O) groups excluding carboxylic acids is 2. The van der Waals surface area contributed by atoms with Crippen LogP contribution in [-0.2, 0) is 16.0 Å². The van der Waals surface area contributed by atoms with Crippen LogP contribution in [0, 0.1) is 0 Å². The van der Waals surface area contributed by atoms with Crippen LogP contribution in [0.4, 0.5) is 0 Å². The summed E-state index contributed by atoms with van der Waals surface area (Å²) in [6, 6.07) is 19.5. The number of nitrogens with one attached hydrogen (secondary N) is 1. The molecule has 0 aromatic heterocycles. The van der Waals surface area contributed by atoms with E-state index >= 15 is 0 Å². The van der Waals surface area contributed by atoms with Crippen molar-refractivity contribution in [2.75, 3.05) is 27.2 Å². The predicted octanol–water partition coefficient (Wildman–Crippen LogP) is 3.34. The molecular weight excluding hydrogens is 364 g/mol. The van der Waals surface area contributed by atoms with Crippen molar-refractivity contribution in [1.29, 1.82) is 0 Å². The second-order valence-electron chi connectivity index (χ2n) is 7.47. The molecule has 5 nitrogen and oxygen atoms in total. The molecule has 1 saturated heterocycles. The zero-order valence-corrected chi connectivity index (χ0v) is 17.9. The van der Waals surface area contributed by atoms with Crippen LogP contribution < -0.4 is 5.32 Å². The number of carbonyl (C=O) groups is 2. The lowest BCUT2D eigenvalue weighted by molar-refractivity contribution is -0.116. The topological polar surface area (TPSA) is 58.6 Å². The first-order valence-corrected chi connectivity index (χ1v) is 10.1. The fourth-order valence-corrected chi connectivity index (χ4v) is 3.42. The molecule has 3 rings (SSSR count). The van der Waals surface area contributed by atoms with E-state index in [2.05, 4.69) is 5.32 Å². The van der Waals surface area contributed by atoms with Gasteiger partial charge in [-0.05, 0) is 26.6 Å². The van der Waals surface area contributed by atoms with Crippen molar-refractivity contribution < 1.29 is 14.3 Å². The molecule has 0 bridgehead atoms. The number of ether oxygens (including phenoxy) is 1. The molecule has 2 atom stereocenters. The molecule has 1 fully saturated rings. The highest BCUT2D eigenvalue weighted by molar-refractivity contribution is 6.03. The van der Waals surface area contributed by atoms with Crippen molar-refractivity contribution >= 4 is 11.6 Å². The Morgan fingerprint density at radius 1 is 1.07 bits per heavy atom. The molecule has 2 aromatic carbocycles. The van der Waals surface area contributed by atoms with Gasteiger partial charge in [-0.3, -0.25) is 15.0 Å². The Balaban J connectivity index is 0.000000537. The summed E-state index contributed by atoms with van der Waals surface area (Å²) >= 11 is 0. The van der Waals surface area contributed by atoms with E-state index in [0.29, 0.717) is 25.0 Å². The summed E-state index contributed by atoms with van der Waals surface area (Å²) in [7, 11) is 3.95. The van der Waals surface area contributed by atoms with Crippen LogP contribution in [0.3, 0.4) is 0 Å². The van der Waals surface area contributed by atoms with Gasteiger partial charge in [-0.1, -0.05) is 67.6 Å². The number of benzene rings is 2. The van der Waals surface area contributed by atoms with Crippen LogP contribution in [0.5, 0.6) is 0 Å². The van der Waals surface area contributed by atoms with Gasteiger partial charge in [-0.15, -0.1) is 0 Å². The predicted molar refractivity (Wildman–Crippen MR) is 116 cm³/mol. The summed E-state index contributed by atoms with van der Waals surface area (Å²) in [5, 5.41) is 3.46. The highest BCUT2D eigenvalue weighted by Crippen LogP contribution is 2.30. The largest absolute Gasteiger partial charge is 0.362 e. The molecule has 1 heterocycles. The molecule has 0 aliphatic carbocycles. The third-order valence-electron chi connectivity index (χ3n) is 4.99. The first-order chi connectivity index (χ1) is 13.9. The van der Waals surface area contributed by atoms with Crippen molar-refractivity contribution in [3.63, 3.8) is 0 Å². The molecule has 2 aromatic rings. The lowest BCUT2D eigenvalue weighted by atomic mass is 9.82. The summed E-state index contributed by atoms with van der Waals surface area (Å²) in [4.78, 5) is 25.3. The number of hydrogen-bond acceptors (Lipinski definition) is 5. The Morgan fingerprint density at radius 3 is 2.14 bits per heavy atom. The third kappa shape index (κ3) is 6.07. The molecule has 1 aliphatic heterocycles. The highest BCUT2D eigenvalue weighted by Gasteiger charge is 2.50. The summed E-state index contributed by atoms with van der Waals surface area (Å²) in [5.74, 6) is 0.280. The maximum absolute atomic E-state index is 13.4. The van der Waals surface area contributed by atoms with E-state index in [1.54, 1.807) is 6.92 Å². The van der Waals surface area contributed by atoms with Gasteiger partial charge in [0.05, 0.1) is 12.8 Å². The Kier molecular flexibility index (Phi) is 8.70. The van der Waals surface area contributed by atoms with Crippen molar-refractivity contribution in [1.82, 2.24) is 10.2 Å². The minimum Gasteiger partial charge on any atom is -0.362 e. The second kappa shape index (κ2) is 11.0. The Morgan fingerprint density at radius 2 is 1.62 bits per heavy atom. The summed E-state index contributed by atoms with van der Waals surface area (Å²) in [6.45, 7) is 4.69. The van der Waals surface area contributed by atoms with Crippen LogP contribution in [-0.4, -0.2) is 55.5 Å². The second-order valence-corrected chi connectivity index (χ2v) is 7.47. The van der Waals surface area contributed by atoms with E-state index in [4.69, 9.17) is 4.74 Å². The van der Waals surface area contributed by atoms with Gasteiger partial charge in [0.1, 0.15) is 5.78 Å². The molecule has 2 unspecified atom stereocenters. The Bertz CT molecular complexity index is 777. The molecule has 29 heavy (non-hydrogen) atoms. The fraction of sp³-hybridized carbons (Fsp3) is 0.417. The number of hydrogen-bond donors (Lipinski definition) is 1. The van der Waals surface area contributed by atoms with Gasteiger partial charge in [0.2, 0.25) is 0 Å². The minimum atomic E-state index is -0.940. The third-order valence-corrected chi connectivity index (χ3v) is 4.99. The van der Waals surface area contributed by atoms with Crippen LogP contribution in [0.25, 0.3) is 0 Å². The maximum atomic E-state index is 13.4. The van der Waals surface area contributed by atoms with Crippen molar-refractivity contribution in [2.45, 2.75) is 38.5 Å². The minimum absolute atomic E-state index is 0.0258. The molecule has 1 N–H and O–H groups in total. The van der Waals surface area contributed by atoms with E-state index in [0.717, 1.165) is 12.1 Å². The molecule has 0 radical (unpaired) electrons. The quantitative estimate of drug-likeness (QED) is 0.759. The van der Waals surface area contributed by atoms with Gasteiger partial charge in [0.25, 0.3) is 0 Å². The van der Waals surface area contributed by atoms with E-state index in [1.807, 2.05) is 86.6 Å². The number of nitrogens with zero attached hydrogens (tertiary/aromatic N) is 1. The van der Waals surface area contributed by atoms with Gasteiger partial charge in [-0.25, -0.2) is 0 Å². The number of Topliss-reactive ketones (excluding diaryl/α,β-unsaturated/α-hetero) is 2. The zero-order valence-electron chi connectivity index (χ0n) is 17.9. The highest BCUT2D eigenvalue weighted by atomic mass is 16.5. The van der Waals surface area contributed by atoms with Gasteiger partial charge < -0.3 is 9.53 Å². The van der Waals surface area contributed by atoms with Crippen molar-refractivity contribution in [3.05, 3.63) is 71.8 Å². The van der Waals surface area contributed by atoms with E-state index in [-0.39, 0.29) is 17.7 Å². The number of morpholine rings is 1. The molecule has 0 spiro atoms. The number of likely N-dealkylation sites (N-methyl/N-ethyl adjacent to an activating group) is 1. The van der Waals surface area contributed by atoms with E-state index in [1.165, 1.54) is 0 Å². The first kappa shape index (κ1) is 22.9. The fourth-order valence-electron chi connectivity index (χ4n) is 3.42. The summed E-state index contributed by atoms with van der Waals surface area (Å²) in [5.41, 5.74) is 0.839. The lowest BCUT2D eigenvalue weighted by Crippen LogP contribution is -2.68. The van der Waals surface area contributed by atoms with Crippen molar-refractivity contribution in [2.24, 2.45) is 0 Å². The lowest BCUT2D eigenvalue weighted by Gasteiger charge is -2.46. The maximum Gasteiger partial charge on any atom is 0.197 e. The molecule has 1 aliphatic rings. The Hall–Kier alpha value is -2.34. The average Bonchev–Trinajstić information content (AvgIpc) is 2.75. The summed E-state index contributed by atoms with van der Waals surface area (Å²) in [6.07, 6.45) is 1.02. The van der Waals surface area contributed by atoms with Crippen LogP contribution in [0.2, 0.25) is 0 Å². The van der Waals surface area contributed by atoms with Gasteiger partial charge in [0, 0.05) is 24.9 Å². The SMILES string of the molecule is CCC(C)=O.CN(C)C1NCCOC1(Cc1ccccc1)C(=O)c1ccccc1. The van der Waals surface area contributed by atoms with E-state index in [9.17, 15) is 9.59 Å². The summed E-state index contributed by atoms with van der Waals surface area (Å²) < 4.78 is 6.21. The molecule has 5 heteroatoms. The van der Waals surface area contributed by atoms with Crippen LogP contribution >= 0.6 is 0 Å². The molecule has 0 amide bonds. The van der Waals surface area contributed by atoms with Crippen molar-refractivity contribution in [3.8, 4) is 0 Å². The van der Waals surface area contributed by atoms with Crippen LogP contribution in [0.15, 0.2) is 60.7 Å². The van der Waals surface area contributed by atoms with E-state index < -0.39 is 5.60 Å². The van der Waals surface area contributed by atoms with Gasteiger partial charge in [-0.2, -0.15) is 0 Å². The number of ketones is 2. The monoisotopic (exact) mass is 396 g/mol. The first-order valence-electron chi connectivity index (χ1n) is 10.1. The molecule has 156 valence electrons. The standard InChI is InChI=1S/C20H24N2O2.C4H8O/c1-22(2)19-20(24-14-13-21-19,15-16-9-5-3-6-10-16)18(23)17-11-7-4-8-12-17;1-3-4(2)5/h3-12,19,21H,13-15H2,1-2H3;3H2,1-2H3. The Labute approximate surface area is 174 Å². The molecule has 0 saturated carbocycles. The average molecular weight is 397 g/mol. The number of rotatable bonds is 6. The smallest absolute Gasteiger partial charge is 0.197 e. The van der Waals surface area contributed by atoms with Gasteiger partial charge >= 0.3 is 0 Å². The molecular formula is C24H32N2O3. The van der Waals surface area contributed by atoms with Crippen LogP contribution in [0.1, 0.15) is 36.2 Å². The normalized spacial score (nSPS) is 21.2. The zero-order chi connectivity index (χ0) is 21.3. The van der Waals surface area contributed by atoms with Gasteiger partial charge in [0.15, 0.2) is 11.4 Å².